The topological polar surface area (TPSA) is 52.3 Å². The van der Waals surface area contributed by atoms with Gasteiger partial charge in [-0.05, 0) is 52.5 Å². The lowest BCUT2D eigenvalue weighted by Crippen LogP contribution is -2.11. The maximum atomic E-state index is 11.7. The van der Waals surface area contributed by atoms with E-state index >= 15 is 0 Å². The van der Waals surface area contributed by atoms with Crippen molar-refractivity contribution in [3.8, 4) is 5.75 Å². The minimum Gasteiger partial charge on any atom is -0.496 e. The lowest BCUT2D eigenvalue weighted by Gasteiger charge is -2.10. The molecule has 0 heterocycles. The summed E-state index contributed by atoms with van der Waals surface area (Å²) in [5.41, 5.74) is 11.3. The summed E-state index contributed by atoms with van der Waals surface area (Å²) in [4.78, 5) is 11.7. The van der Waals surface area contributed by atoms with Gasteiger partial charge in [0.1, 0.15) is 5.75 Å². The predicted molar refractivity (Wildman–Crippen MR) is 108 cm³/mol. The normalized spacial score (nSPS) is 14.7. The van der Waals surface area contributed by atoms with Crippen LogP contribution in [0.2, 0.25) is 10.0 Å². The molecule has 3 rings (SSSR count). The van der Waals surface area contributed by atoms with Gasteiger partial charge in [0, 0.05) is 5.56 Å². The van der Waals surface area contributed by atoms with Gasteiger partial charge in [-0.2, -0.15) is 0 Å². The fraction of sp³-hybridized carbons (Fsp3) is 0.190. The van der Waals surface area contributed by atoms with Gasteiger partial charge in [-0.25, -0.2) is 0 Å². The van der Waals surface area contributed by atoms with Gasteiger partial charge in [0.2, 0.25) is 5.91 Å². The molecule has 0 fully saturated rings. The molecule has 0 unspecified atom stereocenters. The number of amides is 1. The molecular formula is C21H19Cl2NO2. The van der Waals surface area contributed by atoms with E-state index in [1.165, 1.54) is 0 Å². The maximum Gasteiger partial charge on any atom is 0.221 e. The molecule has 0 saturated carbocycles. The van der Waals surface area contributed by atoms with Crippen molar-refractivity contribution in [2.24, 2.45) is 5.73 Å². The third-order valence-corrected chi connectivity index (χ3v) is 5.35. The molecule has 26 heavy (non-hydrogen) atoms. The predicted octanol–water partition coefficient (Wildman–Crippen LogP) is 5.60. The summed E-state index contributed by atoms with van der Waals surface area (Å²) in [5, 5.41) is 1.01. The van der Waals surface area contributed by atoms with Crippen molar-refractivity contribution in [2.75, 3.05) is 7.11 Å². The van der Waals surface area contributed by atoms with E-state index in [9.17, 15) is 4.79 Å². The van der Waals surface area contributed by atoms with E-state index in [0.29, 0.717) is 10.0 Å². The minimum absolute atomic E-state index is 0.164. The zero-order valence-electron chi connectivity index (χ0n) is 14.6. The van der Waals surface area contributed by atoms with Crippen LogP contribution in [-0.2, 0) is 4.79 Å². The number of nitrogens with two attached hydrogens (primary N) is 1. The third-order valence-electron chi connectivity index (χ3n) is 4.51. The fourth-order valence-corrected chi connectivity index (χ4v) is 3.80. The Morgan fingerprint density at radius 1 is 1.15 bits per heavy atom. The number of fused-ring (bicyclic) bond motifs is 1. The number of rotatable bonds is 5. The van der Waals surface area contributed by atoms with Crippen LogP contribution in [-0.4, -0.2) is 13.0 Å². The van der Waals surface area contributed by atoms with E-state index in [1.807, 2.05) is 36.4 Å². The zero-order valence-corrected chi connectivity index (χ0v) is 16.1. The summed E-state index contributed by atoms with van der Waals surface area (Å²) in [6, 6.07) is 11.4. The molecule has 5 heteroatoms. The zero-order chi connectivity index (χ0) is 18.8. The lowest BCUT2D eigenvalue weighted by molar-refractivity contribution is -0.117. The molecule has 0 aliphatic heterocycles. The lowest BCUT2D eigenvalue weighted by atomic mass is 9.98. The summed E-state index contributed by atoms with van der Waals surface area (Å²) in [7, 11) is 1.62. The first-order chi connectivity index (χ1) is 12.5. The van der Waals surface area contributed by atoms with Crippen LogP contribution in [0, 0.1) is 0 Å². The Kier molecular flexibility index (Phi) is 5.40. The van der Waals surface area contributed by atoms with Crippen molar-refractivity contribution in [2.45, 2.75) is 19.8 Å². The van der Waals surface area contributed by atoms with Crippen LogP contribution in [0.3, 0.4) is 0 Å². The molecule has 1 aliphatic rings. The number of methoxy groups -OCH3 is 1. The molecule has 0 radical (unpaired) electrons. The number of allylic oxidation sites excluding steroid dienone is 2. The monoisotopic (exact) mass is 387 g/mol. The molecule has 1 amide bonds. The van der Waals surface area contributed by atoms with Crippen molar-refractivity contribution >= 4 is 46.3 Å². The van der Waals surface area contributed by atoms with Crippen LogP contribution < -0.4 is 10.5 Å². The Morgan fingerprint density at radius 2 is 1.88 bits per heavy atom. The molecule has 134 valence electrons. The van der Waals surface area contributed by atoms with Gasteiger partial charge in [0.15, 0.2) is 0 Å². The summed E-state index contributed by atoms with van der Waals surface area (Å²) in [6.07, 6.45) is 2.93. The second-order valence-electron chi connectivity index (χ2n) is 6.04. The van der Waals surface area contributed by atoms with Gasteiger partial charge in [-0.15, -0.1) is 0 Å². The number of halogens is 2. The maximum absolute atomic E-state index is 11.7. The SMILES string of the molecule is CCC1=C(CC(N)=O)c2c(OC)cccc2/C1=C\c1cccc(Cl)c1Cl. The van der Waals surface area contributed by atoms with Gasteiger partial charge in [-0.3, -0.25) is 4.79 Å². The van der Waals surface area contributed by atoms with E-state index < -0.39 is 0 Å². The molecule has 0 aromatic heterocycles. The summed E-state index contributed by atoms with van der Waals surface area (Å²) < 4.78 is 5.54. The van der Waals surface area contributed by atoms with Crippen LogP contribution in [0.5, 0.6) is 5.75 Å². The number of ether oxygens (including phenoxy) is 1. The number of hydrogen-bond donors (Lipinski definition) is 1. The Balaban J connectivity index is 2.29. The van der Waals surface area contributed by atoms with Crippen molar-refractivity contribution < 1.29 is 9.53 Å². The first kappa shape index (κ1) is 18.6. The number of primary amides is 1. The molecule has 0 spiro atoms. The van der Waals surface area contributed by atoms with Crippen LogP contribution in [0.4, 0.5) is 0 Å². The van der Waals surface area contributed by atoms with E-state index in [0.717, 1.165) is 45.6 Å². The minimum atomic E-state index is -0.371. The standard InChI is InChI=1S/C21H19Cl2NO2/c1-3-13-15(10-12-6-4-8-17(22)21(12)23)14-7-5-9-18(26-2)20(14)16(13)11-19(24)25/h4-10H,3,11H2,1-2H3,(H2,24,25)/b15-10-. The van der Waals surface area contributed by atoms with Crippen molar-refractivity contribution in [1.82, 2.24) is 0 Å². The molecular weight excluding hydrogens is 369 g/mol. The highest BCUT2D eigenvalue weighted by atomic mass is 35.5. The van der Waals surface area contributed by atoms with Crippen LogP contribution >= 0.6 is 23.2 Å². The molecule has 2 N–H and O–H groups in total. The third kappa shape index (κ3) is 3.25. The number of carbonyl (C=O) groups excluding carboxylic acids is 1. The van der Waals surface area contributed by atoms with Crippen LogP contribution in [0.1, 0.15) is 36.5 Å². The summed E-state index contributed by atoms with van der Waals surface area (Å²) in [5.74, 6) is 0.357. The number of hydrogen-bond acceptors (Lipinski definition) is 2. The van der Waals surface area contributed by atoms with E-state index in [2.05, 4.69) is 6.92 Å². The second-order valence-corrected chi connectivity index (χ2v) is 6.82. The van der Waals surface area contributed by atoms with Gasteiger partial charge >= 0.3 is 0 Å². The van der Waals surface area contributed by atoms with Crippen molar-refractivity contribution in [3.63, 3.8) is 0 Å². The first-order valence-electron chi connectivity index (χ1n) is 8.32. The summed E-state index contributed by atoms with van der Waals surface area (Å²) in [6.45, 7) is 2.06. The van der Waals surface area contributed by atoms with Gasteiger partial charge in [0.25, 0.3) is 0 Å². The highest BCUT2D eigenvalue weighted by Gasteiger charge is 2.29. The molecule has 0 saturated heterocycles. The van der Waals surface area contributed by atoms with E-state index in [4.69, 9.17) is 33.7 Å². The van der Waals surface area contributed by atoms with Gasteiger partial charge in [-0.1, -0.05) is 54.4 Å². The average Bonchev–Trinajstić information content (AvgIpc) is 2.91. The van der Waals surface area contributed by atoms with Crippen molar-refractivity contribution in [3.05, 3.63) is 68.7 Å². The Morgan fingerprint density at radius 3 is 2.54 bits per heavy atom. The largest absolute Gasteiger partial charge is 0.496 e. The van der Waals surface area contributed by atoms with Crippen molar-refractivity contribution in [1.29, 1.82) is 0 Å². The van der Waals surface area contributed by atoms with Crippen LogP contribution in [0.25, 0.3) is 17.2 Å². The first-order valence-corrected chi connectivity index (χ1v) is 9.07. The average molecular weight is 388 g/mol. The van der Waals surface area contributed by atoms with E-state index in [-0.39, 0.29) is 12.3 Å². The highest BCUT2D eigenvalue weighted by molar-refractivity contribution is 6.43. The Bertz CT molecular complexity index is 945. The number of benzene rings is 2. The van der Waals surface area contributed by atoms with Gasteiger partial charge in [0.05, 0.1) is 23.6 Å². The molecule has 3 nitrogen and oxygen atoms in total. The van der Waals surface area contributed by atoms with Gasteiger partial charge < -0.3 is 10.5 Å². The Labute approximate surface area is 163 Å². The van der Waals surface area contributed by atoms with Crippen LogP contribution in [0.15, 0.2) is 42.0 Å². The molecule has 2 aromatic carbocycles. The smallest absolute Gasteiger partial charge is 0.221 e. The highest BCUT2D eigenvalue weighted by Crippen LogP contribution is 2.49. The number of carbonyl (C=O) groups is 1. The second kappa shape index (κ2) is 7.56. The quantitative estimate of drug-likeness (QED) is 0.725. The van der Waals surface area contributed by atoms with E-state index in [1.54, 1.807) is 13.2 Å². The fourth-order valence-electron chi connectivity index (χ4n) is 3.44. The molecule has 0 bridgehead atoms. The molecule has 1 aliphatic carbocycles. The molecule has 2 aromatic rings. The molecule has 0 atom stereocenters. The Hall–Kier alpha value is -2.23. The summed E-state index contributed by atoms with van der Waals surface area (Å²) >= 11 is 12.5.